The summed E-state index contributed by atoms with van der Waals surface area (Å²) in [5.74, 6) is 0.546. The van der Waals surface area contributed by atoms with Gasteiger partial charge in [-0.2, -0.15) is 0 Å². The van der Waals surface area contributed by atoms with Crippen molar-refractivity contribution < 1.29 is 4.79 Å². The number of thioether (sulfide) groups is 1. The van der Waals surface area contributed by atoms with E-state index in [9.17, 15) is 4.79 Å². The third-order valence-electron chi connectivity index (χ3n) is 5.55. The molecule has 0 saturated carbocycles. The number of amides is 1. The average Bonchev–Trinajstić information content (AvgIpc) is 3.08. The van der Waals surface area contributed by atoms with Crippen LogP contribution in [0.25, 0.3) is 11.0 Å². The van der Waals surface area contributed by atoms with Crippen LogP contribution in [-0.4, -0.2) is 33.8 Å². The van der Waals surface area contributed by atoms with Crippen molar-refractivity contribution in [1.82, 2.24) is 14.9 Å². The summed E-state index contributed by atoms with van der Waals surface area (Å²) >= 11 is 7.78. The highest BCUT2D eigenvalue weighted by Gasteiger charge is 2.22. The summed E-state index contributed by atoms with van der Waals surface area (Å²) < 4.78 is 2.29. The zero-order valence-electron chi connectivity index (χ0n) is 17.3. The fourth-order valence-corrected chi connectivity index (χ4v) is 5.03. The largest absolute Gasteiger partial charge is 0.324 e. The molecule has 0 aliphatic carbocycles. The fourth-order valence-electron chi connectivity index (χ4n) is 3.81. The van der Waals surface area contributed by atoms with Crippen molar-refractivity contribution in [3.8, 4) is 0 Å². The van der Waals surface area contributed by atoms with E-state index < -0.39 is 0 Å². The van der Waals surface area contributed by atoms with Gasteiger partial charge in [-0.3, -0.25) is 4.79 Å². The Kier molecular flexibility index (Phi) is 6.66. The van der Waals surface area contributed by atoms with Crippen LogP contribution in [0, 0.1) is 12.8 Å². The Hall–Kier alpha value is -2.02. The second-order valence-corrected chi connectivity index (χ2v) is 9.63. The van der Waals surface area contributed by atoms with E-state index in [-0.39, 0.29) is 11.2 Å². The topological polar surface area (TPSA) is 59.0 Å². The molecular weight excluding hydrogens is 416 g/mol. The zero-order valence-corrected chi connectivity index (χ0v) is 18.9. The number of hydrogen-bond acceptors (Lipinski definition) is 4. The molecule has 2 aromatic carbocycles. The number of imidazole rings is 1. The predicted molar refractivity (Wildman–Crippen MR) is 125 cm³/mol. The highest BCUT2D eigenvalue weighted by Crippen LogP contribution is 2.31. The number of benzene rings is 2. The minimum atomic E-state index is -0.300. The molecule has 2 heterocycles. The van der Waals surface area contributed by atoms with E-state index in [0.717, 1.165) is 41.4 Å². The van der Waals surface area contributed by atoms with Crippen molar-refractivity contribution in [3.63, 3.8) is 0 Å². The maximum absolute atomic E-state index is 12.8. The summed E-state index contributed by atoms with van der Waals surface area (Å²) in [6.45, 7) is 6.95. The lowest BCUT2D eigenvalue weighted by Gasteiger charge is -2.24. The Bertz CT molecular complexity index is 1040. The molecule has 4 rings (SSSR count). The van der Waals surface area contributed by atoms with Gasteiger partial charge in [0.2, 0.25) is 5.91 Å². The molecule has 0 bridgehead atoms. The number of nitrogens with zero attached hydrogens (tertiary/aromatic N) is 2. The molecule has 1 aliphatic rings. The molecule has 1 saturated heterocycles. The monoisotopic (exact) mass is 442 g/mol. The van der Waals surface area contributed by atoms with Crippen LogP contribution in [0.5, 0.6) is 0 Å². The number of hydrogen-bond donors (Lipinski definition) is 2. The van der Waals surface area contributed by atoms with E-state index in [1.807, 2.05) is 50.2 Å². The first kappa shape index (κ1) is 21.2. The highest BCUT2D eigenvalue weighted by molar-refractivity contribution is 8.00. The number of carbonyl (C=O) groups is 1. The first-order chi connectivity index (χ1) is 14.5. The lowest BCUT2D eigenvalue weighted by molar-refractivity contribution is -0.115. The van der Waals surface area contributed by atoms with Gasteiger partial charge in [0, 0.05) is 6.54 Å². The Morgan fingerprint density at radius 2 is 2.07 bits per heavy atom. The Morgan fingerprint density at radius 3 is 2.83 bits per heavy atom. The van der Waals surface area contributed by atoms with E-state index in [2.05, 4.69) is 21.3 Å². The van der Waals surface area contributed by atoms with E-state index in [4.69, 9.17) is 16.6 Å². The van der Waals surface area contributed by atoms with E-state index in [1.54, 1.807) is 0 Å². The molecule has 3 aromatic rings. The van der Waals surface area contributed by atoms with Crippen molar-refractivity contribution in [3.05, 3.63) is 53.1 Å². The normalized spacial score (nSPS) is 16.0. The molecule has 158 valence electrons. The van der Waals surface area contributed by atoms with Crippen LogP contribution in [-0.2, 0) is 11.3 Å². The van der Waals surface area contributed by atoms with Crippen molar-refractivity contribution in [2.24, 2.45) is 5.92 Å². The third-order valence-corrected chi connectivity index (χ3v) is 6.96. The van der Waals surface area contributed by atoms with Crippen molar-refractivity contribution in [1.29, 1.82) is 0 Å². The zero-order chi connectivity index (χ0) is 21.1. The Balaban J connectivity index is 1.53. The first-order valence-electron chi connectivity index (χ1n) is 10.4. The molecule has 5 nitrogen and oxygen atoms in total. The number of aromatic nitrogens is 2. The quantitative estimate of drug-likeness (QED) is 0.520. The molecule has 1 aromatic heterocycles. The maximum atomic E-state index is 12.8. The second kappa shape index (κ2) is 9.41. The van der Waals surface area contributed by atoms with Gasteiger partial charge in [0.15, 0.2) is 5.16 Å². The van der Waals surface area contributed by atoms with Gasteiger partial charge in [-0.05, 0) is 75.5 Å². The number of carbonyl (C=O) groups excluding carboxylic acids is 1. The number of rotatable bonds is 6. The van der Waals surface area contributed by atoms with Crippen LogP contribution in [0.3, 0.4) is 0 Å². The number of halogens is 1. The summed E-state index contributed by atoms with van der Waals surface area (Å²) in [7, 11) is 0. The molecule has 1 unspecified atom stereocenters. The smallest absolute Gasteiger partial charge is 0.237 e. The van der Waals surface area contributed by atoms with Gasteiger partial charge in [-0.15, -0.1) is 0 Å². The lowest BCUT2D eigenvalue weighted by atomic mass is 9.98. The number of anilines is 1. The van der Waals surface area contributed by atoms with Crippen LogP contribution in [0.1, 0.15) is 25.3 Å². The van der Waals surface area contributed by atoms with Crippen LogP contribution in [0.4, 0.5) is 5.69 Å². The van der Waals surface area contributed by atoms with Gasteiger partial charge >= 0.3 is 0 Å². The van der Waals surface area contributed by atoms with E-state index in [1.165, 1.54) is 24.6 Å². The van der Waals surface area contributed by atoms with Crippen LogP contribution >= 0.6 is 23.4 Å². The lowest BCUT2D eigenvalue weighted by Crippen LogP contribution is -2.30. The van der Waals surface area contributed by atoms with Gasteiger partial charge < -0.3 is 15.2 Å². The molecule has 0 spiro atoms. The number of piperidine rings is 1. The molecule has 1 atom stereocenters. The Morgan fingerprint density at radius 1 is 1.30 bits per heavy atom. The molecule has 0 radical (unpaired) electrons. The summed E-state index contributed by atoms with van der Waals surface area (Å²) in [6, 6.07) is 13.9. The molecule has 30 heavy (non-hydrogen) atoms. The first-order valence-corrected chi connectivity index (χ1v) is 11.7. The van der Waals surface area contributed by atoms with Gasteiger partial charge in [-0.25, -0.2) is 4.98 Å². The fraction of sp³-hybridized carbons (Fsp3) is 0.391. The number of nitrogens with one attached hydrogen (secondary N) is 2. The molecule has 1 amide bonds. The van der Waals surface area contributed by atoms with Crippen LogP contribution in [0.2, 0.25) is 5.02 Å². The van der Waals surface area contributed by atoms with Crippen molar-refractivity contribution >= 4 is 46.0 Å². The van der Waals surface area contributed by atoms with Gasteiger partial charge in [0.05, 0.1) is 27.0 Å². The third kappa shape index (κ3) is 4.82. The molecular formula is C23H27ClN4OS. The average molecular weight is 443 g/mol. The minimum Gasteiger partial charge on any atom is -0.324 e. The second-order valence-electron chi connectivity index (χ2n) is 7.92. The maximum Gasteiger partial charge on any atom is 0.237 e. The SMILES string of the molecule is Cc1ccc(NC(=O)C(C)Sc2nc3ccccc3n2CC2CCNCC2)c(Cl)c1. The summed E-state index contributed by atoms with van der Waals surface area (Å²) in [4.78, 5) is 17.7. The van der Waals surface area contributed by atoms with Gasteiger partial charge in [0.1, 0.15) is 0 Å². The Labute approximate surface area is 186 Å². The highest BCUT2D eigenvalue weighted by atomic mass is 35.5. The molecule has 1 aliphatic heterocycles. The number of fused-ring (bicyclic) bond motifs is 1. The minimum absolute atomic E-state index is 0.0776. The van der Waals surface area contributed by atoms with Crippen molar-refractivity contribution in [2.75, 3.05) is 18.4 Å². The number of aryl methyl sites for hydroxylation is 1. The van der Waals surface area contributed by atoms with Gasteiger partial charge in [-0.1, -0.05) is 41.6 Å². The predicted octanol–water partition coefficient (Wildman–Crippen LogP) is 5.12. The number of para-hydroxylation sites is 2. The summed E-state index contributed by atoms with van der Waals surface area (Å²) in [5, 5.41) is 7.54. The van der Waals surface area contributed by atoms with E-state index >= 15 is 0 Å². The van der Waals surface area contributed by atoms with Crippen molar-refractivity contribution in [2.45, 2.75) is 43.6 Å². The molecule has 1 fully saturated rings. The molecule has 2 N–H and O–H groups in total. The van der Waals surface area contributed by atoms with Crippen LogP contribution < -0.4 is 10.6 Å². The van der Waals surface area contributed by atoms with E-state index in [0.29, 0.717) is 16.6 Å². The summed E-state index contributed by atoms with van der Waals surface area (Å²) in [6.07, 6.45) is 2.33. The standard InChI is InChI=1S/C23H27ClN4OS/c1-15-7-8-19(18(24)13-15)26-22(29)16(2)30-23-27-20-5-3-4-6-21(20)28(23)14-17-9-11-25-12-10-17/h3-8,13,16-17,25H,9-12,14H2,1-2H3,(H,26,29). The molecule has 7 heteroatoms. The van der Waals surface area contributed by atoms with Crippen LogP contribution in [0.15, 0.2) is 47.6 Å². The summed E-state index contributed by atoms with van der Waals surface area (Å²) in [5.41, 5.74) is 3.81. The van der Waals surface area contributed by atoms with Gasteiger partial charge in [0.25, 0.3) is 0 Å².